The van der Waals surface area contributed by atoms with Gasteiger partial charge in [-0.25, -0.2) is 0 Å². The summed E-state index contributed by atoms with van der Waals surface area (Å²) in [5.41, 5.74) is 2.24. The van der Waals surface area contributed by atoms with Gasteiger partial charge in [0.05, 0.1) is 6.20 Å². The molecule has 1 saturated carbocycles. The highest BCUT2D eigenvalue weighted by Crippen LogP contribution is 2.30. The van der Waals surface area contributed by atoms with Crippen LogP contribution in [0.4, 0.5) is 0 Å². The van der Waals surface area contributed by atoms with E-state index in [2.05, 4.69) is 48.8 Å². The summed E-state index contributed by atoms with van der Waals surface area (Å²) in [6.45, 7) is 1.07. The van der Waals surface area contributed by atoms with E-state index in [9.17, 15) is 0 Å². The summed E-state index contributed by atoms with van der Waals surface area (Å²) in [5, 5.41) is 13.0. The Morgan fingerprint density at radius 1 is 1.41 bits per heavy atom. The third kappa shape index (κ3) is 2.67. The first-order chi connectivity index (χ1) is 8.20. The quantitative estimate of drug-likeness (QED) is 0.793. The van der Waals surface area contributed by atoms with Gasteiger partial charge in [0, 0.05) is 26.2 Å². The van der Waals surface area contributed by atoms with Gasteiger partial charge in [-0.15, -0.1) is 5.10 Å². The summed E-state index contributed by atoms with van der Waals surface area (Å²) in [5.74, 6) is 0.861. The number of aryl methyl sites for hydroxylation is 1. The monoisotopic (exact) mass is 343 g/mol. The Morgan fingerprint density at radius 2 is 2.24 bits per heavy atom. The lowest BCUT2D eigenvalue weighted by molar-refractivity contribution is 0.563. The number of rotatable bonds is 4. The van der Waals surface area contributed by atoms with Crippen LogP contribution in [0, 0.1) is 9.62 Å². The molecule has 0 radical (unpaired) electrons. The molecule has 0 N–H and O–H groups in total. The summed E-state index contributed by atoms with van der Waals surface area (Å²) in [7, 11) is 1.85. The molecule has 1 fully saturated rings. The molecule has 0 atom stereocenters. The van der Waals surface area contributed by atoms with E-state index >= 15 is 0 Å². The van der Waals surface area contributed by atoms with Gasteiger partial charge >= 0.3 is 0 Å². The smallest absolute Gasteiger partial charge is 0.147 e. The molecule has 0 saturated heterocycles. The average molecular weight is 343 g/mol. The molecule has 2 aromatic heterocycles. The zero-order chi connectivity index (χ0) is 11.8. The lowest BCUT2D eigenvalue weighted by Crippen LogP contribution is -1.99. The zero-order valence-corrected chi connectivity index (χ0v) is 11.8. The molecule has 1 aliphatic rings. The van der Waals surface area contributed by atoms with Crippen molar-refractivity contribution in [2.45, 2.75) is 25.8 Å². The molecule has 0 amide bonds. The molecule has 6 heteroatoms. The minimum Gasteiger partial charge on any atom is -0.272 e. The van der Waals surface area contributed by atoms with Crippen LogP contribution >= 0.6 is 22.6 Å². The van der Waals surface area contributed by atoms with Gasteiger partial charge < -0.3 is 0 Å². The van der Waals surface area contributed by atoms with E-state index < -0.39 is 0 Å². The molecule has 90 valence electrons. The van der Waals surface area contributed by atoms with Crippen molar-refractivity contribution >= 4 is 22.6 Å². The van der Waals surface area contributed by atoms with Gasteiger partial charge in [-0.2, -0.15) is 15.0 Å². The molecule has 0 unspecified atom stereocenters. The molecule has 5 nitrogen and oxygen atoms in total. The van der Waals surface area contributed by atoms with Crippen molar-refractivity contribution in [3.8, 4) is 0 Å². The Hall–Kier alpha value is -0.920. The third-order valence-corrected chi connectivity index (χ3v) is 3.77. The number of aromatic nitrogens is 5. The first kappa shape index (κ1) is 11.2. The van der Waals surface area contributed by atoms with Crippen molar-refractivity contribution in [2.75, 3.05) is 0 Å². The average Bonchev–Trinajstić information content (AvgIpc) is 2.88. The molecular formula is C11H14IN5. The van der Waals surface area contributed by atoms with Crippen LogP contribution in [-0.2, 0) is 20.0 Å². The molecule has 17 heavy (non-hydrogen) atoms. The lowest BCUT2D eigenvalue weighted by Gasteiger charge is -1.96. The highest BCUT2D eigenvalue weighted by Gasteiger charge is 2.22. The molecule has 0 spiro atoms. The summed E-state index contributed by atoms with van der Waals surface area (Å²) >= 11 is 2.22. The topological polar surface area (TPSA) is 48.5 Å². The second kappa shape index (κ2) is 4.40. The van der Waals surface area contributed by atoms with Crippen LogP contribution in [0.25, 0.3) is 0 Å². The van der Waals surface area contributed by atoms with E-state index in [-0.39, 0.29) is 0 Å². The maximum Gasteiger partial charge on any atom is 0.147 e. The highest BCUT2D eigenvalue weighted by molar-refractivity contribution is 14.1. The molecule has 0 bridgehead atoms. The van der Waals surface area contributed by atoms with Gasteiger partial charge in [0.2, 0.25) is 0 Å². The maximum absolute atomic E-state index is 4.39. The number of hydrogen-bond acceptors (Lipinski definition) is 3. The van der Waals surface area contributed by atoms with E-state index in [1.165, 1.54) is 18.4 Å². The van der Waals surface area contributed by atoms with Gasteiger partial charge in [-0.3, -0.25) is 4.68 Å². The van der Waals surface area contributed by atoms with Gasteiger partial charge in [-0.05, 0) is 46.9 Å². The Bertz CT molecular complexity index is 526. The lowest BCUT2D eigenvalue weighted by atomic mass is 10.2. The van der Waals surface area contributed by atoms with Crippen LogP contribution in [0.5, 0.6) is 0 Å². The molecule has 1 aliphatic carbocycles. The predicted octanol–water partition coefficient (Wildman–Crippen LogP) is 1.62. The second-order valence-electron chi connectivity index (χ2n) is 4.62. The number of hydrogen-bond donors (Lipinski definition) is 0. The summed E-state index contributed by atoms with van der Waals surface area (Å²) in [4.78, 5) is 1.62. The van der Waals surface area contributed by atoms with Crippen molar-refractivity contribution in [1.29, 1.82) is 0 Å². The molecular weight excluding hydrogens is 329 g/mol. The standard InChI is InChI=1S/C11H14IN5/c1-16-14-10(11(12)15-16)4-9-5-13-17(7-9)6-8-2-3-8/h5,7-8H,2-4,6H2,1H3. The van der Waals surface area contributed by atoms with E-state index in [4.69, 9.17) is 0 Å². The SMILES string of the molecule is Cn1nc(I)c(Cc2cnn(CC3CC3)c2)n1. The van der Waals surface area contributed by atoms with Gasteiger partial charge in [0.15, 0.2) is 0 Å². The Labute approximate surface area is 113 Å². The van der Waals surface area contributed by atoms with Crippen LogP contribution in [-0.4, -0.2) is 24.8 Å². The van der Waals surface area contributed by atoms with Crippen molar-refractivity contribution in [2.24, 2.45) is 13.0 Å². The predicted molar refractivity (Wildman–Crippen MR) is 71.5 cm³/mol. The molecule has 2 heterocycles. The van der Waals surface area contributed by atoms with Gasteiger partial charge in [-0.1, -0.05) is 0 Å². The Morgan fingerprint density at radius 3 is 2.88 bits per heavy atom. The fourth-order valence-electron chi connectivity index (χ4n) is 1.89. The minimum absolute atomic E-state index is 0.816. The summed E-state index contributed by atoms with van der Waals surface area (Å²) in [6, 6.07) is 0. The van der Waals surface area contributed by atoms with Crippen molar-refractivity contribution in [1.82, 2.24) is 24.8 Å². The van der Waals surface area contributed by atoms with Gasteiger partial charge in [0.1, 0.15) is 9.39 Å². The summed E-state index contributed by atoms with van der Waals surface area (Å²) in [6.07, 6.45) is 7.60. The van der Waals surface area contributed by atoms with Crippen molar-refractivity contribution in [3.63, 3.8) is 0 Å². The summed E-state index contributed by atoms with van der Waals surface area (Å²) < 4.78 is 3.02. The molecule has 0 aliphatic heterocycles. The number of halogens is 1. The maximum atomic E-state index is 4.39. The largest absolute Gasteiger partial charge is 0.272 e. The fraction of sp³-hybridized carbons (Fsp3) is 0.545. The van der Waals surface area contributed by atoms with Crippen LogP contribution in [0.2, 0.25) is 0 Å². The van der Waals surface area contributed by atoms with E-state index in [0.29, 0.717) is 0 Å². The van der Waals surface area contributed by atoms with Gasteiger partial charge in [0.25, 0.3) is 0 Å². The first-order valence-corrected chi connectivity index (χ1v) is 6.85. The van der Waals surface area contributed by atoms with Crippen LogP contribution in [0.3, 0.4) is 0 Å². The van der Waals surface area contributed by atoms with Crippen LogP contribution < -0.4 is 0 Å². The molecule has 2 aromatic rings. The van der Waals surface area contributed by atoms with Crippen molar-refractivity contribution in [3.05, 3.63) is 27.4 Å². The van der Waals surface area contributed by atoms with Crippen LogP contribution in [0.15, 0.2) is 12.4 Å². The third-order valence-electron chi connectivity index (χ3n) is 2.94. The van der Waals surface area contributed by atoms with Crippen molar-refractivity contribution < 1.29 is 0 Å². The van der Waals surface area contributed by atoms with E-state index in [1.54, 1.807) is 4.80 Å². The first-order valence-electron chi connectivity index (χ1n) is 5.78. The highest BCUT2D eigenvalue weighted by atomic mass is 127. The molecule has 3 rings (SSSR count). The fourth-order valence-corrected chi connectivity index (χ4v) is 2.50. The van der Waals surface area contributed by atoms with E-state index in [1.807, 2.05) is 13.2 Å². The van der Waals surface area contributed by atoms with Crippen LogP contribution in [0.1, 0.15) is 24.1 Å². The Balaban J connectivity index is 1.71. The van der Waals surface area contributed by atoms with E-state index in [0.717, 1.165) is 28.3 Å². The second-order valence-corrected chi connectivity index (χ2v) is 5.64. The zero-order valence-electron chi connectivity index (χ0n) is 9.67. The Kier molecular flexibility index (Phi) is 2.89. The normalized spacial score (nSPS) is 15.4. The minimum atomic E-state index is 0.816. The number of nitrogens with zero attached hydrogens (tertiary/aromatic N) is 5. The molecule has 0 aromatic carbocycles.